The second-order valence-electron chi connectivity index (χ2n) is 13.6. The van der Waals surface area contributed by atoms with E-state index in [2.05, 4.69) is 103 Å². The van der Waals surface area contributed by atoms with E-state index in [4.69, 9.17) is 23.8 Å². The summed E-state index contributed by atoms with van der Waals surface area (Å²) >= 11 is 0. The summed E-state index contributed by atoms with van der Waals surface area (Å²) in [6.45, 7) is 0. The number of nitrogens with zero attached hydrogens (tertiary/aromatic N) is 3. The van der Waals surface area contributed by atoms with Crippen LogP contribution < -0.4 is 0 Å². The molecule has 0 N–H and O–H groups in total. The average Bonchev–Trinajstić information content (AvgIpc) is 3.82. The zero-order chi connectivity index (χ0) is 35.6. The molecule has 3 heterocycles. The van der Waals surface area contributed by atoms with Crippen LogP contribution in [0.3, 0.4) is 0 Å². The molecule has 11 aromatic rings. The van der Waals surface area contributed by atoms with Crippen LogP contribution in [0.25, 0.3) is 111 Å². The number of aromatic nitrogens is 3. The summed E-state index contributed by atoms with van der Waals surface area (Å²) in [5.74, 6) is 1.90. The van der Waals surface area contributed by atoms with Crippen LogP contribution in [0, 0.1) is 0 Å². The van der Waals surface area contributed by atoms with Gasteiger partial charge in [0.15, 0.2) is 17.5 Å². The van der Waals surface area contributed by atoms with Gasteiger partial charge in [-0.2, -0.15) is 0 Å². The Balaban J connectivity index is 1.04. The molecule has 54 heavy (non-hydrogen) atoms. The molecule has 0 saturated carbocycles. The largest absolute Gasteiger partial charge is 0.456 e. The fraction of sp³-hybridized carbons (Fsp3) is 0. The molecule has 252 valence electrons. The van der Waals surface area contributed by atoms with Crippen LogP contribution in [0.4, 0.5) is 0 Å². The molecular formula is C49H29N3O2. The lowest BCUT2D eigenvalue weighted by Crippen LogP contribution is -2.00. The smallest absolute Gasteiger partial charge is 0.164 e. The summed E-state index contributed by atoms with van der Waals surface area (Å²) in [6, 6.07) is 60.4. The molecule has 0 aliphatic rings. The lowest BCUT2D eigenvalue weighted by atomic mass is 9.94. The SMILES string of the molecule is c1ccc(-c2nc(-c3ccccc3)nc(-c3ccc(-c4cccc5c4oc4c6ccccc6c(-c6ccc7oc8ccccc8c7c6)cc54)cc3)n2)cc1. The van der Waals surface area contributed by atoms with Gasteiger partial charge in [0, 0.05) is 49.2 Å². The zero-order valence-corrected chi connectivity index (χ0v) is 28.9. The summed E-state index contributed by atoms with van der Waals surface area (Å²) in [5.41, 5.74) is 10.7. The Bertz CT molecular complexity index is 3140. The van der Waals surface area contributed by atoms with Gasteiger partial charge in [0.2, 0.25) is 0 Å². The quantitative estimate of drug-likeness (QED) is 0.180. The number of hydrogen-bond acceptors (Lipinski definition) is 5. The maximum Gasteiger partial charge on any atom is 0.164 e. The number of furan rings is 2. The standard InChI is InChI=1S/C49H29N3O2/c1-3-12-31(13-4-1)47-50-48(32-14-5-2-6-15-32)52-49(51-47)33-24-22-30(23-25-33)35-19-11-20-39-42-29-40(36-16-7-8-18-38(36)46(42)54-45(35)39)34-26-27-44-41(28-34)37-17-9-10-21-43(37)53-44/h1-29H. The van der Waals surface area contributed by atoms with Gasteiger partial charge < -0.3 is 8.83 Å². The van der Waals surface area contributed by atoms with Crippen molar-refractivity contribution in [3.05, 3.63) is 176 Å². The van der Waals surface area contributed by atoms with Crippen molar-refractivity contribution in [3.63, 3.8) is 0 Å². The van der Waals surface area contributed by atoms with Crippen molar-refractivity contribution in [2.45, 2.75) is 0 Å². The second kappa shape index (κ2) is 12.1. The molecule has 0 aliphatic carbocycles. The van der Waals surface area contributed by atoms with Crippen LogP contribution in [0.15, 0.2) is 185 Å². The molecule has 0 spiro atoms. The van der Waals surface area contributed by atoms with E-state index in [0.29, 0.717) is 17.5 Å². The first kappa shape index (κ1) is 30.3. The topological polar surface area (TPSA) is 65.0 Å². The highest BCUT2D eigenvalue weighted by molar-refractivity contribution is 6.21. The Morgan fingerprint density at radius 1 is 0.278 bits per heavy atom. The first-order valence-corrected chi connectivity index (χ1v) is 18.0. The summed E-state index contributed by atoms with van der Waals surface area (Å²) in [6.07, 6.45) is 0. The molecule has 0 amide bonds. The van der Waals surface area contributed by atoms with Crippen molar-refractivity contribution in [2.75, 3.05) is 0 Å². The molecule has 5 nitrogen and oxygen atoms in total. The summed E-state index contributed by atoms with van der Waals surface area (Å²) in [4.78, 5) is 14.7. The predicted octanol–water partition coefficient (Wildman–Crippen LogP) is 13.2. The summed E-state index contributed by atoms with van der Waals surface area (Å²) in [7, 11) is 0. The van der Waals surface area contributed by atoms with Gasteiger partial charge in [-0.25, -0.2) is 15.0 Å². The van der Waals surface area contributed by atoms with E-state index in [0.717, 1.165) is 93.6 Å². The van der Waals surface area contributed by atoms with Crippen molar-refractivity contribution in [3.8, 4) is 56.4 Å². The number of hydrogen-bond donors (Lipinski definition) is 0. The van der Waals surface area contributed by atoms with E-state index in [1.807, 2.05) is 72.8 Å². The molecule has 3 aromatic heterocycles. The minimum Gasteiger partial charge on any atom is -0.456 e. The lowest BCUT2D eigenvalue weighted by Gasteiger charge is -2.09. The Hall–Kier alpha value is -7.37. The van der Waals surface area contributed by atoms with Gasteiger partial charge in [-0.1, -0.05) is 152 Å². The minimum absolute atomic E-state index is 0.622. The van der Waals surface area contributed by atoms with Crippen molar-refractivity contribution < 1.29 is 8.83 Å². The molecule has 11 rings (SSSR count). The van der Waals surface area contributed by atoms with Crippen LogP contribution in [-0.2, 0) is 0 Å². The maximum absolute atomic E-state index is 6.85. The Labute approximate surface area is 309 Å². The number of para-hydroxylation sites is 2. The Morgan fingerprint density at radius 2 is 0.796 bits per heavy atom. The first-order valence-electron chi connectivity index (χ1n) is 18.0. The van der Waals surface area contributed by atoms with Crippen LogP contribution in [-0.4, -0.2) is 15.0 Å². The highest BCUT2D eigenvalue weighted by Gasteiger charge is 2.19. The third kappa shape index (κ3) is 4.90. The normalized spacial score (nSPS) is 11.7. The minimum atomic E-state index is 0.622. The van der Waals surface area contributed by atoms with Gasteiger partial charge in [-0.15, -0.1) is 0 Å². The number of fused-ring (bicyclic) bond motifs is 8. The van der Waals surface area contributed by atoms with E-state index >= 15 is 0 Å². The molecule has 0 fully saturated rings. The van der Waals surface area contributed by atoms with Gasteiger partial charge in [-0.05, 0) is 46.3 Å². The van der Waals surface area contributed by atoms with Crippen molar-refractivity contribution >= 4 is 54.6 Å². The van der Waals surface area contributed by atoms with Gasteiger partial charge in [-0.3, -0.25) is 0 Å². The van der Waals surface area contributed by atoms with Gasteiger partial charge in [0.1, 0.15) is 22.3 Å². The second-order valence-corrected chi connectivity index (χ2v) is 13.6. The van der Waals surface area contributed by atoms with Gasteiger partial charge >= 0.3 is 0 Å². The molecular weight excluding hydrogens is 663 g/mol. The highest BCUT2D eigenvalue weighted by Crippen LogP contribution is 2.43. The summed E-state index contributed by atoms with van der Waals surface area (Å²) < 4.78 is 13.0. The molecule has 0 atom stereocenters. The van der Waals surface area contributed by atoms with Gasteiger partial charge in [0.05, 0.1) is 0 Å². The van der Waals surface area contributed by atoms with E-state index in [1.165, 1.54) is 0 Å². The summed E-state index contributed by atoms with van der Waals surface area (Å²) in [5, 5.41) is 6.61. The lowest BCUT2D eigenvalue weighted by molar-refractivity contribution is 0.669. The van der Waals surface area contributed by atoms with E-state index in [-0.39, 0.29) is 0 Å². The van der Waals surface area contributed by atoms with Crippen LogP contribution in [0.5, 0.6) is 0 Å². The van der Waals surface area contributed by atoms with E-state index in [1.54, 1.807) is 0 Å². The molecule has 0 bridgehead atoms. The number of rotatable bonds is 5. The number of benzene rings is 8. The fourth-order valence-corrected chi connectivity index (χ4v) is 7.72. The van der Waals surface area contributed by atoms with Gasteiger partial charge in [0.25, 0.3) is 0 Å². The van der Waals surface area contributed by atoms with Crippen molar-refractivity contribution in [1.29, 1.82) is 0 Å². The molecule has 8 aromatic carbocycles. The molecule has 0 saturated heterocycles. The third-order valence-corrected chi connectivity index (χ3v) is 10.3. The Morgan fingerprint density at radius 3 is 1.50 bits per heavy atom. The maximum atomic E-state index is 6.85. The predicted molar refractivity (Wildman–Crippen MR) is 219 cm³/mol. The van der Waals surface area contributed by atoms with E-state index < -0.39 is 0 Å². The first-order chi connectivity index (χ1) is 26.7. The van der Waals surface area contributed by atoms with Crippen LogP contribution in [0.1, 0.15) is 0 Å². The molecule has 0 unspecified atom stereocenters. The molecule has 0 radical (unpaired) electrons. The average molecular weight is 692 g/mol. The Kier molecular flexibility index (Phi) is 6.79. The van der Waals surface area contributed by atoms with Crippen LogP contribution in [0.2, 0.25) is 0 Å². The third-order valence-electron chi connectivity index (χ3n) is 10.3. The fourth-order valence-electron chi connectivity index (χ4n) is 7.72. The zero-order valence-electron chi connectivity index (χ0n) is 28.9. The van der Waals surface area contributed by atoms with E-state index in [9.17, 15) is 0 Å². The molecule has 5 heteroatoms. The molecule has 0 aliphatic heterocycles. The monoisotopic (exact) mass is 691 g/mol. The van der Waals surface area contributed by atoms with Crippen LogP contribution >= 0.6 is 0 Å². The van der Waals surface area contributed by atoms with Crippen molar-refractivity contribution in [1.82, 2.24) is 15.0 Å². The van der Waals surface area contributed by atoms with Crippen molar-refractivity contribution in [2.24, 2.45) is 0 Å². The highest BCUT2D eigenvalue weighted by atomic mass is 16.3.